The van der Waals surface area contributed by atoms with Gasteiger partial charge in [0.25, 0.3) is 5.91 Å². The summed E-state index contributed by atoms with van der Waals surface area (Å²) in [7, 11) is 3.50. The van der Waals surface area contributed by atoms with Crippen LogP contribution in [0, 0.1) is 0 Å². The van der Waals surface area contributed by atoms with Gasteiger partial charge in [0, 0.05) is 26.8 Å². The number of nitrogens with zero attached hydrogens (tertiary/aromatic N) is 1. The van der Waals surface area contributed by atoms with Gasteiger partial charge in [-0.05, 0) is 76.9 Å². The van der Waals surface area contributed by atoms with Gasteiger partial charge in [0.2, 0.25) is 12.7 Å². The third-order valence-corrected chi connectivity index (χ3v) is 7.02. The fourth-order valence-electron chi connectivity index (χ4n) is 4.81. The van der Waals surface area contributed by atoms with Crippen LogP contribution in [0.15, 0.2) is 60.7 Å². The van der Waals surface area contributed by atoms with Crippen LogP contribution in [0.2, 0.25) is 0 Å². The quantitative estimate of drug-likeness (QED) is 0.480. The molecule has 0 atom stereocenters. The molecule has 0 saturated heterocycles. The third kappa shape index (κ3) is 4.32. The summed E-state index contributed by atoms with van der Waals surface area (Å²) in [6.45, 7) is 6.70. The van der Waals surface area contributed by atoms with Crippen LogP contribution in [0.25, 0.3) is 11.1 Å². The van der Waals surface area contributed by atoms with Crippen molar-refractivity contribution in [3.63, 3.8) is 0 Å². The maximum absolute atomic E-state index is 13.5. The summed E-state index contributed by atoms with van der Waals surface area (Å²) in [5.41, 5.74) is 4.73. The van der Waals surface area contributed by atoms with E-state index in [1.807, 2.05) is 54.6 Å². The number of ether oxygens (including phenoxy) is 2. The average Bonchev–Trinajstić information content (AvgIpc) is 3.53. The number of amides is 2. The predicted octanol–water partition coefficient (Wildman–Crippen LogP) is 6.00. The molecule has 1 N–H and O–H groups in total. The molecule has 3 aromatic rings. The number of carbonyl (C=O) groups is 2. The molecule has 36 heavy (non-hydrogen) atoms. The van der Waals surface area contributed by atoms with E-state index in [1.165, 1.54) is 0 Å². The molecule has 1 aliphatic carbocycles. The van der Waals surface area contributed by atoms with Crippen molar-refractivity contribution >= 4 is 17.5 Å². The molecule has 5 rings (SSSR count). The van der Waals surface area contributed by atoms with Crippen LogP contribution < -0.4 is 14.8 Å². The minimum absolute atomic E-state index is 0. The first-order valence-electron chi connectivity index (χ1n) is 12.3. The van der Waals surface area contributed by atoms with Crippen molar-refractivity contribution in [1.82, 2.24) is 4.90 Å². The average molecular weight is 487 g/mol. The van der Waals surface area contributed by atoms with Crippen LogP contribution in [-0.2, 0) is 15.6 Å². The molecule has 6 heteroatoms. The fraction of sp³-hybridized carbons (Fsp3) is 0.333. The summed E-state index contributed by atoms with van der Waals surface area (Å²) in [4.78, 5) is 27.7. The Kier molecular flexibility index (Phi) is 5.78. The molecule has 6 nitrogen and oxygen atoms in total. The maximum atomic E-state index is 13.5. The first-order valence-corrected chi connectivity index (χ1v) is 12.3. The predicted molar refractivity (Wildman–Crippen MR) is 143 cm³/mol. The number of rotatable bonds is 5. The lowest BCUT2D eigenvalue weighted by atomic mass is 9.81. The van der Waals surface area contributed by atoms with Crippen molar-refractivity contribution in [2.45, 2.75) is 44.4 Å². The molecule has 188 valence electrons. The van der Waals surface area contributed by atoms with E-state index in [2.05, 4.69) is 32.2 Å². The van der Waals surface area contributed by atoms with Gasteiger partial charge in [0.15, 0.2) is 11.5 Å². The van der Waals surface area contributed by atoms with Crippen molar-refractivity contribution in [3.8, 4) is 22.6 Å². The van der Waals surface area contributed by atoms with E-state index in [4.69, 9.17) is 9.47 Å². The second kappa shape index (κ2) is 8.70. The summed E-state index contributed by atoms with van der Waals surface area (Å²) in [6, 6.07) is 19.5. The zero-order valence-corrected chi connectivity index (χ0v) is 21.5. The van der Waals surface area contributed by atoms with Crippen LogP contribution in [0.3, 0.4) is 0 Å². The van der Waals surface area contributed by atoms with E-state index >= 15 is 0 Å². The first-order chi connectivity index (χ1) is 17.1. The molecule has 0 spiro atoms. The lowest BCUT2D eigenvalue weighted by Gasteiger charge is -2.25. The van der Waals surface area contributed by atoms with Gasteiger partial charge in [-0.25, -0.2) is 0 Å². The molecule has 0 bridgehead atoms. The molecular formula is C30H34N2O4. The highest BCUT2D eigenvalue weighted by atomic mass is 16.7. The Morgan fingerprint density at radius 2 is 1.69 bits per heavy atom. The SMILES string of the molecule is CN(C)C(=O)c1cccc(-c2cc(NC(=O)C3(c4ccc5c(c4)OCO5)CC3)ccc2C(C)(C)C)c1.[HH]. The van der Waals surface area contributed by atoms with Crippen molar-refractivity contribution in [1.29, 1.82) is 0 Å². The molecule has 2 amide bonds. The van der Waals surface area contributed by atoms with E-state index in [0.717, 1.165) is 40.8 Å². The largest absolute Gasteiger partial charge is 0.454 e. The number of carbonyl (C=O) groups excluding carboxylic acids is 2. The topological polar surface area (TPSA) is 67.9 Å². The van der Waals surface area contributed by atoms with Crippen molar-refractivity contribution in [3.05, 3.63) is 77.4 Å². The smallest absolute Gasteiger partial charge is 0.253 e. The van der Waals surface area contributed by atoms with Gasteiger partial charge >= 0.3 is 0 Å². The summed E-state index contributed by atoms with van der Waals surface area (Å²) >= 11 is 0. The van der Waals surface area contributed by atoms with Gasteiger partial charge in [0.05, 0.1) is 5.41 Å². The normalized spacial score (nSPS) is 15.4. The third-order valence-electron chi connectivity index (χ3n) is 7.02. The zero-order valence-electron chi connectivity index (χ0n) is 21.5. The Balaban J connectivity index is 0.00000320. The Labute approximate surface area is 213 Å². The zero-order chi connectivity index (χ0) is 25.7. The molecule has 1 aliphatic heterocycles. The summed E-state index contributed by atoms with van der Waals surface area (Å²) in [5, 5.41) is 3.17. The number of anilines is 1. The number of hydrogen-bond donors (Lipinski definition) is 1. The molecule has 0 aromatic heterocycles. The fourth-order valence-corrected chi connectivity index (χ4v) is 4.81. The first kappa shape index (κ1) is 23.9. The minimum atomic E-state index is -0.554. The van der Waals surface area contributed by atoms with Gasteiger partial charge in [-0.2, -0.15) is 0 Å². The monoisotopic (exact) mass is 486 g/mol. The van der Waals surface area contributed by atoms with Gasteiger partial charge in [0.1, 0.15) is 0 Å². The van der Waals surface area contributed by atoms with E-state index in [9.17, 15) is 9.59 Å². The highest BCUT2D eigenvalue weighted by Crippen LogP contribution is 2.51. The molecule has 1 fully saturated rings. The lowest BCUT2D eigenvalue weighted by Crippen LogP contribution is -2.28. The molecule has 1 saturated carbocycles. The van der Waals surface area contributed by atoms with Crippen molar-refractivity contribution in [2.24, 2.45) is 0 Å². The Morgan fingerprint density at radius 3 is 2.39 bits per heavy atom. The second-order valence-electron chi connectivity index (χ2n) is 10.9. The highest BCUT2D eigenvalue weighted by molar-refractivity contribution is 6.02. The number of fused-ring (bicyclic) bond motifs is 1. The van der Waals surface area contributed by atoms with Crippen LogP contribution >= 0.6 is 0 Å². The molecule has 2 aliphatic rings. The van der Waals surface area contributed by atoms with Gasteiger partial charge in [-0.15, -0.1) is 0 Å². The van der Waals surface area contributed by atoms with E-state index in [0.29, 0.717) is 17.1 Å². The molecule has 3 aromatic carbocycles. The van der Waals surface area contributed by atoms with Crippen LogP contribution in [0.4, 0.5) is 5.69 Å². The van der Waals surface area contributed by atoms with E-state index < -0.39 is 5.41 Å². The van der Waals surface area contributed by atoms with Crippen molar-refractivity contribution < 1.29 is 20.5 Å². The Hall–Kier alpha value is -3.80. The molecule has 1 heterocycles. The summed E-state index contributed by atoms with van der Waals surface area (Å²) < 4.78 is 11.0. The van der Waals surface area contributed by atoms with E-state index in [1.54, 1.807) is 19.0 Å². The van der Waals surface area contributed by atoms with Gasteiger partial charge in [-0.1, -0.05) is 45.0 Å². The van der Waals surface area contributed by atoms with Crippen molar-refractivity contribution in [2.75, 3.05) is 26.2 Å². The Morgan fingerprint density at radius 1 is 0.944 bits per heavy atom. The Bertz CT molecular complexity index is 1360. The number of nitrogens with one attached hydrogen (secondary N) is 1. The minimum Gasteiger partial charge on any atom is -0.454 e. The highest BCUT2D eigenvalue weighted by Gasteiger charge is 2.51. The van der Waals surface area contributed by atoms with Crippen LogP contribution in [0.5, 0.6) is 11.5 Å². The maximum Gasteiger partial charge on any atom is 0.253 e. The second-order valence-corrected chi connectivity index (χ2v) is 10.9. The van der Waals surface area contributed by atoms with E-state index in [-0.39, 0.29) is 25.4 Å². The summed E-state index contributed by atoms with van der Waals surface area (Å²) in [5.74, 6) is 1.34. The van der Waals surface area contributed by atoms with Gasteiger partial charge in [-0.3, -0.25) is 9.59 Å². The van der Waals surface area contributed by atoms with Gasteiger partial charge < -0.3 is 19.7 Å². The van der Waals surface area contributed by atoms with Crippen LogP contribution in [-0.4, -0.2) is 37.6 Å². The lowest BCUT2D eigenvalue weighted by molar-refractivity contribution is -0.118. The molecule has 0 radical (unpaired) electrons. The standard InChI is InChI=1S/C30H32N2O4.H2/c1-29(2,3)24-11-10-22(17-23(24)19-7-6-8-20(15-19)27(33)32(4)5)31-28(34)30(13-14-30)21-9-12-25-26(16-21)36-18-35-25;/h6-12,15-17H,13-14,18H2,1-5H3,(H,31,34);1H. The number of hydrogen-bond acceptors (Lipinski definition) is 4. The van der Waals surface area contributed by atoms with Crippen LogP contribution in [0.1, 0.15) is 56.5 Å². The molecular weight excluding hydrogens is 452 g/mol. The molecule has 0 unspecified atom stereocenters. The number of benzene rings is 3. The summed E-state index contributed by atoms with van der Waals surface area (Å²) in [6.07, 6.45) is 1.58.